The standard InChI is InChI=1S/3C24H17O4P.Sc/c3*1-3-15-13-17-9-5-7-11-19(17)21-22-20-12-8-6-10-18(20)14-16(4-2)24(22)28-29(25,26)27-23(15)21;/h3*3-14H,1-2H2,(H,25,26);/q;;;+3/p-3. The molecule has 3 aliphatic heterocycles. The molecular formula is C72H48O12P3Sc. The van der Waals surface area contributed by atoms with Crippen LogP contribution in [-0.2, 0) is 39.5 Å². The molecule has 88 heavy (non-hydrogen) atoms. The second-order valence-corrected chi connectivity index (χ2v) is 24.2. The van der Waals surface area contributed by atoms with E-state index >= 15 is 0 Å². The Morgan fingerprint density at radius 2 is 0.398 bits per heavy atom. The molecule has 0 unspecified atom stereocenters. The Morgan fingerprint density at radius 3 is 0.534 bits per heavy atom. The molecule has 3 heterocycles. The van der Waals surface area contributed by atoms with Crippen molar-refractivity contribution in [3.8, 4) is 67.9 Å². The Balaban J connectivity index is 0.000000128. The number of hydrogen-bond donors (Lipinski definition) is 0. The Kier molecular flexibility index (Phi) is 15.6. The van der Waals surface area contributed by atoms with Gasteiger partial charge >= 0.3 is 49.3 Å². The van der Waals surface area contributed by atoms with E-state index in [2.05, 4.69) is 39.5 Å². The van der Waals surface area contributed by atoms with Gasteiger partial charge in [-0.25, -0.2) is 13.7 Å². The molecule has 16 heteroatoms. The summed E-state index contributed by atoms with van der Waals surface area (Å²) >= 11 is 0. The molecule has 0 bridgehead atoms. The zero-order valence-corrected chi connectivity index (χ0v) is 51.3. The summed E-state index contributed by atoms with van der Waals surface area (Å²) in [7, 11) is -14.0. The number of hydrogen-bond acceptors (Lipinski definition) is 12. The molecule has 3 aliphatic rings. The van der Waals surface area contributed by atoms with Gasteiger partial charge in [0.1, 0.15) is 34.5 Å². The molecule has 0 aromatic heterocycles. The Bertz CT molecular complexity index is 4370. The summed E-state index contributed by atoms with van der Waals surface area (Å²) in [6, 6.07) is 57.9. The van der Waals surface area contributed by atoms with E-state index in [-0.39, 0.29) is 60.3 Å². The van der Waals surface area contributed by atoms with Crippen LogP contribution in [0, 0.1) is 0 Å². The maximum atomic E-state index is 12.7. The molecule has 0 saturated carbocycles. The third kappa shape index (κ3) is 10.3. The second kappa shape index (κ2) is 23.2. The third-order valence-electron chi connectivity index (χ3n) is 15.5. The van der Waals surface area contributed by atoms with Gasteiger partial charge < -0.3 is 41.8 Å². The van der Waals surface area contributed by atoms with E-state index < -0.39 is 23.5 Å². The molecule has 0 spiro atoms. The van der Waals surface area contributed by atoms with Crippen molar-refractivity contribution in [2.45, 2.75) is 0 Å². The minimum absolute atomic E-state index is 0. The fraction of sp³-hybridized carbons (Fsp3) is 0. The second-order valence-electron chi connectivity index (χ2n) is 20.5. The van der Waals surface area contributed by atoms with Crippen LogP contribution in [0.4, 0.5) is 0 Å². The van der Waals surface area contributed by atoms with Crippen LogP contribution in [0.25, 0.3) is 134 Å². The monoisotopic (exact) mass is 1240 g/mol. The van der Waals surface area contributed by atoms with Crippen LogP contribution < -0.4 is 41.8 Å². The zero-order chi connectivity index (χ0) is 60.5. The van der Waals surface area contributed by atoms with Gasteiger partial charge in [0.2, 0.25) is 0 Å². The number of rotatable bonds is 6. The molecule has 0 atom stereocenters. The van der Waals surface area contributed by atoms with Crippen molar-refractivity contribution in [3.63, 3.8) is 0 Å². The van der Waals surface area contributed by atoms with Crippen molar-refractivity contribution in [1.82, 2.24) is 0 Å². The van der Waals surface area contributed by atoms with Gasteiger partial charge in [-0.15, -0.1) is 0 Å². The maximum absolute atomic E-state index is 12.7. The van der Waals surface area contributed by atoms with Gasteiger partial charge in [0.25, 0.3) is 0 Å². The minimum Gasteiger partial charge on any atom is -0.736 e. The Labute approximate surface area is 525 Å². The van der Waals surface area contributed by atoms with Gasteiger partial charge in [-0.05, 0) is 101 Å². The average Bonchev–Trinajstić information content (AvgIpc) is 1.44. The summed E-state index contributed by atoms with van der Waals surface area (Å²) in [5, 5.41) is 10.9. The van der Waals surface area contributed by atoms with Crippen molar-refractivity contribution >= 4 is 125 Å². The molecule has 0 N–H and O–H groups in total. The molecule has 12 aromatic rings. The first-order valence-corrected chi connectivity index (χ1v) is 31.7. The van der Waals surface area contributed by atoms with Gasteiger partial charge in [0, 0.05) is 66.8 Å². The topological polar surface area (TPSA) is 176 Å². The van der Waals surface area contributed by atoms with E-state index in [0.29, 0.717) is 66.8 Å². The number of benzene rings is 12. The molecule has 0 amide bonds. The van der Waals surface area contributed by atoms with E-state index in [1.54, 1.807) is 36.5 Å². The summed E-state index contributed by atoms with van der Waals surface area (Å²) in [6.07, 6.45) is 9.56. The number of phosphoric ester groups is 3. The van der Waals surface area contributed by atoms with Crippen LogP contribution in [0.3, 0.4) is 0 Å². The fourth-order valence-electron chi connectivity index (χ4n) is 11.8. The molecule has 0 radical (unpaired) electrons. The Morgan fingerprint density at radius 1 is 0.261 bits per heavy atom. The molecule has 426 valence electrons. The predicted molar refractivity (Wildman–Crippen MR) is 348 cm³/mol. The molecule has 15 rings (SSSR count). The predicted octanol–water partition coefficient (Wildman–Crippen LogP) is 18.6. The van der Waals surface area contributed by atoms with Crippen LogP contribution in [-0.4, -0.2) is 0 Å². The molecule has 12 nitrogen and oxygen atoms in total. The summed E-state index contributed by atoms with van der Waals surface area (Å²) in [6.45, 7) is 23.1. The Hall–Kier alpha value is -9.12. The summed E-state index contributed by atoms with van der Waals surface area (Å²) < 4.78 is 71.0. The quantitative estimate of drug-likeness (QED) is 0.144. The van der Waals surface area contributed by atoms with Crippen molar-refractivity contribution in [2.24, 2.45) is 0 Å². The van der Waals surface area contributed by atoms with Crippen LogP contribution in [0.5, 0.6) is 34.5 Å². The van der Waals surface area contributed by atoms with Crippen LogP contribution >= 0.6 is 23.5 Å². The summed E-state index contributed by atoms with van der Waals surface area (Å²) in [4.78, 5) is 38.2. The molecule has 0 aliphatic carbocycles. The van der Waals surface area contributed by atoms with E-state index in [1.807, 2.05) is 182 Å². The first-order chi connectivity index (χ1) is 42.1. The maximum Gasteiger partial charge on any atom is 3.00 e. The van der Waals surface area contributed by atoms with Gasteiger partial charge in [-0.2, -0.15) is 0 Å². The van der Waals surface area contributed by atoms with Gasteiger partial charge in [-0.1, -0.05) is 222 Å². The van der Waals surface area contributed by atoms with E-state index in [4.69, 9.17) is 27.1 Å². The van der Waals surface area contributed by atoms with Crippen LogP contribution in [0.2, 0.25) is 0 Å². The van der Waals surface area contributed by atoms with Gasteiger partial charge in [0.05, 0.1) is 0 Å². The van der Waals surface area contributed by atoms with Crippen LogP contribution in [0.15, 0.2) is 221 Å². The molecular weight excluding hydrogens is 1190 g/mol. The average molecular weight is 1240 g/mol. The summed E-state index contributed by atoms with van der Waals surface area (Å²) in [5.41, 5.74) is 7.50. The van der Waals surface area contributed by atoms with Gasteiger partial charge in [-0.3, -0.25) is 0 Å². The van der Waals surface area contributed by atoms with E-state index in [1.165, 1.54) is 0 Å². The van der Waals surface area contributed by atoms with Crippen molar-refractivity contribution in [1.29, 1.82) is 0 Å². The molecule has 0 fully saturated rings. The molecule has 0 saturated heterocycles. The first-order valence-electron chi connectivity index (χ1n) is 27.3. The normalized spacial score (nSPS) is 14.1. The fourth-order valence-corrected chi connectivity index (χ4v) is 14.5. The molecule has 12 aromatic carbocycles. The van der Waals surface area contributed by atoms with Crippen molar-refractivity contribution in [2.75, 3.05) is 0 Å². The summed E-state index contributed by atoms with van der Waals surface area (Å²) in [5.74, 6) is 1.35. The SMILES string of the molecule is C=Cc1cc2ccccc2c2c1OP(=O)([O-])Oc1c(C=C)cc3ccccc3c1-2.C=Cc1cc2ccccc2c2c1OP(=O)([O-])Oc1c(C=C)cc3ccccc3c1-2.C=Cc1cc2ccccc2c2c1OP(=O)([O-])Oc1c(C=C)cc3ccccc3c1-2.[Sc+3]. The van der Waals surface area contributed by atoms with Crippen molar-refractivity contribution < 1.29 is 81.4 Å². The van der Waals surface area contributed by atoms with E-state index in [0.717, 1.165) is 64.6 Å². The largest absolute Gasteiger partial charge is 3.00 e. The third-order valence-corrected chi connectivity index (χ3v) is 17.9. The number of phosphoric acid groups is 3. The van der Waals surface area contributed by atoms with Gasteiger partial charge in [0.15, 0.2) is 0 Å². The number of fused-ring (bicyclic) bond motifs is 21. The smallest absolute Gasteiger partial charge is 0.736 e. The van der Waals surface area contributed by atoms with E-state index in [9.17, 15) is 28.4 Å². The zero-order valence-electron chi connectivity index (χ0n) is 46.8. The van der Waals surface area contributed by atoms with Crippen LogP contribution in [0.1, 0.15) is 33.4 Å². The minimum atomic E-state index is -4.68. The van der Waals surface area contributed by atoms with Crippen molar-refractivity contribution in [3.05, 3.63) is 255 Å². The first kappa shape index (κ1) is 59.2.